The molecule has 4 rings (SSSR count). The molecule has 0 amide bonds. The van der Waals surface area contributed by atoms with Crippen LogP contribution in [0.4, 0.5) is 0 Å². The Morgan fingerprint density at radius 2 is 1.88 bits per heavy atom. The minimum absolute atomic E-state index is 0.0415. The van der Waals surface area contributed by atoms with Crippen LogP contribution in [0.5, 0.6) is 0 Å². The van der Waals surface area contributed by atoms with Gasteiger partial charge in [-0.1, -0.05) is 36.4 Å². The van der Waals surface area contributed by atoms with E-state index >= 15 is 0 Å². The largest absolute Gasteiger partial charge is 0.357 e. The van der Waals surface area contributed by atoms with Crippen molar-refractivity contribution in [2.24, 2.45) is 7.05 Å². The summed E-state index contributed by atoms with van der Waals surface area (Å²) in [7, 11) is 2.04. The van der Waals surface area contributed by atoms with Gasteiger partial charge >= 0.3 is 0 Å². The van der Waals surface area contributed by atoms with Gasteiger partial charge in [0.1, 0.15) is 0 Å². The van der Waals surface area contributed by atoms with E-state index < -0.39 is 0 Å². The molecular weight excluding hydrogens is 328 g/mol. The van der Waals surface area contributed by atoms with Crippen LogP contribution in [0.1, 0.15) is 28.9 Å². The second-order valence-electron chi connectivity index (χ2n) is 6.35. The zero-order valence-corrected chi connectivity index (χ0v) is 14.9. The molecule has 25 heavy (non-hydrogen) atoms. The smallest absolute Gasteiger partial charge is 0.170 e. The highest BCUT2D eigenvalue weighted by Crippen LogP contribution is 2.39. The van der Waals surface area contributed by atoms with Crippen LogP contribution in [0.15, 0.2) is 73.2 Å². The van der Waals surface area contributed by atoms with Gasteiger partial charge in [-0.3, -0.25) is 4.98 Å². The molecule has 4 nitrogen and oxygen atoms in total. The van der Waals surface area contributed by atoms with Gasteiger partial charge in [0, 0.05) is 32.2 Å². The van der Waals surface area contributed by atoms with Gasteiger partial charge in [-0.15, -0.1) is 0 Å². The lowest BCUT2D eigenvalue weighted by molar-refractivity contribution is 0.311. The van der Waals surface area contributed by atoms with Crippen LogP contribution in [0, 0.1) is 0 Å². The van der Waals surface area contributed by atoms with E-state index in [0.717, 1.165) is 17.4 Å². The second kappa shape index (κ2) is 6.69. The molecule has 1 N–H and O–H groups in total. The fourth-order valence-electron chi connectivity index (χ4n) is 3.42. The van der Waals surface area contributed by atoms with E-state index in [-0.39, 0.29) is 12.1 Å². The van der Waals surface area contributed by atoms with Crippen molar-refractivity contribution in [3.63, 3.8) is 0 Å². The van der Waals surface area contributed by atoms with E-state index in [1.165, 1.54) is 11.1 Å². The summed E-state index contributed by atoms with van der Waals surface area (Å²) in [5, 5.41) is 4.26. The van der Waals surface area contributed by atoms with Crippen LogP contribution in [-0.4, -0.2) is 19.6 Å². The predicted molar refractivity (Wildman–Crippen MR) is 103 cm³/mol. The number of benzene rings is 1. The Morgan fingerprint density at radius 1 is 1.08 bits per heavy atom. The minimum Gasteiger partial charge on any atom is -0.357 e. The number of rotatable bonds is 4. The number of aromatic nitrogens is 2. The third-order valence-corrected chi connectivity index (χ3v) is 4.94. The highest BCUT2D eigenvalue weighted by Gasteiger charge is 2.39. The highest BCUT2D eigenvalue weighted by atomic mass is 32.1. The molecule has 3 aromatic rings. The van der Waals surface area contributed by atoms with Gasteiger partial charge in [0.25, 0.3) is 0 Å². The Hall–Kier alpha value is -2.66. The summed E-state index contributed by atoms with van der Waals surface area (Å²) in [5.74, 6) is 0. The molecule has 5 heteroatoms. The summed E-state index contributed by atoms with van der Waals surface area (Å²) < 4.78 is 2.08. The van der Waals surface area contributed by atoms with Gasteiger partial charge in [0.2, 0.25) is 0 Å². The van der Waals surface area contributed by atoms with Gasteiger partial charge < -0.3 is 14.8 Å². The lowest BCUT2D eigenvalue weighted by atomic mass is 9.99. The van der Waals surface area contributed by atoms with Crippen molar-refractivity contribution in [3.05, 3.63) is 90.0 Å². The van der Waals surface area contributed by atoms with E-state index in [1.54, 1.807) is 0 Å². The normalized spacial score (nSPS) is 19.9. The molecule has 1 saturated heterocycles. The Morgan fingerprint density at radius 3 is 2.56 bits per heavy atom. The number of aryl methyl sites for hydroxylation is 1. The van der Waals surface area contributed by atoms with Crippen LogP contribution in [0.3, 0.4) is 0 Å². The summed E-state index contributed by atoms with van der Waals surface area (Å²) in [6.07, 6.45) is 6.07. The average Bonchev–Trinajstić information content (AvgIpc) is 3.20. The molecule has 1 aliphatic rings. The maximum absolute atomic E-state index is 5.68. The van der Waals surface area contributed by atoms with E-state index in [2.05, 4.69) is 68.6 Å². The first-order valence-electron chi connectivity index (χ1n) is 8.36. The van der Waals surface area contributed by atoms with Crippen molar-refractivity contribution >= 4 is 17.3 Å². The fourth-order valence-corrected chi connectivity index (χ4v) is 3.72. The van der Waals surface area contributed by atoms with Gasteiger partial charge in [-0.05, 0) is 41.5 Å². The van der Waals surface area contributed by atoms with Crippen LogP contribution in [-0.2, 0) is 13.6 Å². The Bertz CT molecular complexity index is 860. The first kappa shape index (κ1) is 15.8. The Kier molecular flexibility index (Phi) is 4.24. The standard InChI is InChI=1S/C20H20N4S/c1-23-12-10-16(14-23)19-18(17-9-5-6-11-21-17)22-20(25)24(19)13-15-7-3-2-4-8-15/h2-12,14,18-19H,13H2,1H3,(H,22,25). The summed E-state index contributed by atoms with van der Waals surface area (Å²) in [5.41, 5.74) is 3.49. The minimum atomic E-state index is 0.0415. The number of nitrogens with one attached hydrogen (secondary N) is 1. The van der Waals surface area contributed by atoms with Crippen molar-refractivity contribution in [1.29, 1.82) is 0 Å². The van der Waals surface area contributed by atoms with E-state index in [0.29, 0.717) is 0 Å². The summed E-state index contributed by atoms with van der Waals surface area (Å²) >= 11 is 5.68. The molecule has 2 aromatic heterocycles. The zero-order chi connectivity index (χ0) is 17.2. The van der Waals surface area contributed by atoms with Crippen LogP contribution in [0.2, 0.25) is 0 Å². The number of hydrogen-bond acceptors (Lipinski definition) is 2. The Labute approximate surface area is 153 Å². The van der Waals surface area contributed by atoms with Crippen LogP contribution in [0.25, 0.3) is 0 Å². The van der Waals surface area contributed by atoms with Gasteiger partial charge in [0.05, 0.1) is 17.8 Å². The molecule has 0 radical (unpaired) electrons. The number of hydrogen-bond donors (Lipinski definition) is 1. The molecule has 1 aromatic carbocycles. The molecule has 1 fully saturated rings. The second-order valence-corrected chi connectivity index (χ2v) is 6.74. The third kappa shape index (κ3) is 3.15. The number of nitrogens with zero attached hydrogens (tertiary/aromatic N) is 3. The monoisotopic (exact) mass is 348 g/mol. The van der Waals surface area contributed by atoms with Crippen molar-refractivity contribution in [2.75, 3.05) is 0 Å². The Balaban J connectivity index is 1.72. The van der Waals surface area contributed by atoms with E-state index in [4.69, 9.17) is 12.2 Å². The van der Waals surface area contributed by atoms with Gasteiger partial charge in [0.15, 0.2) is 5.11 Å². The highest BCUT2D eigenvalue weighted by molar-refractivity contribution is 7.80. The number of thiocarbonyl (C=S) groups is 1. The van der Waals surface area contributed by atoms with Crippen molar-refractivity contribution in [3.8, 4) is 0 Å². The number of pyridine rings is 1. The van der Waals surface area contributed by atoms with E-state index in [9.17, 15) is 0 Å². The SMILES string of the molecule is Cn1ccc(C2C(c3ccccn3)NC(=S)N2Cc2ccccc2)c1. The van der Waals surface area contributed by atoms with Gasteiger partial charge in [-0.25, -0.2) is 0 Å². The summed E-state index contributed by atoms with van der Waals surface area (Å²) in [4.78, 5) is 6.83. The lowest BCUT2D eigenvalue weighted by Crippen LogP contribution is -2.29. The first-order valence-corrected chi connectivity index (χ1v) is 8.77. The van der Waals surface area contributed by atoms with Crippen molar-refractivity contribution < 1.29 is 0 Å². The fraction of sp³-hybridized carbons (Fsp3) is 0.200. The van der Waals surface area contributed by atoms with Crippen LogP contribution >= 0.6 is 12.2 Å². The summed E-state index contributed by atoms with van der Waals surface area (Å²) in [6.45, 7) is 0.773. The molecule has 2 atom stereocenters. The topological polar surface area (TPSA) is 33.1 Å². The first-order chi connectivity index (χ1) is 12.2. The molecule has 1 aliphatic heterocycles. The zero-order valence-electron chi connectivity index (χ0n) is 14.0. The summed E-state index contributed by atoms with van der Waals surface area (Å²) in [6, 6.07) is 18.8. The van der Waals surface area contributed by atoms with Gasteiger partial charge in [-0.2, -0.15) is 0 Å². The average molecular weight is 348 g/mol. The van der Waals surface area contributed by atoms with E-state index in [1.807, 2.05) is 31.4 Å². The molecule has 0 spiro atoms. The molecule has 0 bridgehead atoms. The maximum atomic E-state index is 5.68. The van der Waals surface area contributed by atoms with Crippen molar-refractivity contribution in [2.45, 2.75) is 18.6 Å². The maximum Gasteiger partial charge on any atom is 0.170 e. The molecule has 3 heterocycles. The molecule has 2 unspecified atom stereocenters. The molecule has 0 aliphatic carbocycles. The predicted octanol–water partition coefficient (Wildman–Crippen LogP) is 3.59. The lowest BCUT2D eigenvalue weighted by Gasteiger charge is -2.27. The third-order valence-electron chi connectivity index (χ3n) is 4.59. The quantitative estimate of drug-likeness (QED) is 0.731. The molecule has 126 valence electrons. The molecular formula is C20H20N4S. The van der Waals surface area contributed by atoms with Crippen molar-refractivity contribution in [1.82, 2.24) is 19.8 Å². The molecule has 0 saturated carbocycles. The van der Waals surface area contributed by atoms with Crippen LogP contribution < -0.4 is 5.32 Å².